The molecule has 0 unspecified atom stereocenters. The number of aliphatic hydroxyl groups is 1. The summed E-state index contributed by atoms with van der Waals surface area (Å²) in [5, 5.41) is 12.1. The molecule has 1 aromatic rings. The Morgan fingerprint density at radius 2 is 1.90 bits per heavy atom. The maximum Gasteiger partial charge on any atom is 0.161 e. The molecule has 0 aliphatic heterocycles. The Hall–Kier alpha value is -0.720. The maximum absolute atomic E-state index is 8.75. The highest BCUT2D eigenvalue weighted by Crippen LogP contribution is 2.27. The van der Waals surface area contributed by atoms with Gasteiger partial charge >= 0.3 is 0 Å². The minimum Gasteiger partial charge on any atom is -0.493 e. The van der Waals surface area contributed by atoms with Gasteiger partial charge in [0.05, 0.1) is 13.7 Å². The van der Waals surface area contributed by atoms with Gasteiger partial charge in [0, 0.05) is 19.6 Å². The average Bonchev–Trinajstić information content (AvgIpc) is 2.41. The molecule has 0 heterocycles. The van der Waals surface area contributed by atoms with Gasteiger partial charge in [0.25, 0.3) is 0 Å². The third-order valence-electron chi connectivity index (χ3n) is 2.64. The summed E-state index contributed by atoms with van der Waals surface area (Å²) >= 11 is 0. The van der Waals surface area contributed by atoms with E-state index in [9.17, 15) is 0 Å². The van der Waals surface area contributed by atoms with Crippen LogP contribution in [-0.4, -0.2) is 57.5 Å². The first-order valence-electron chi connectivity index (χ1n) is 6.43. The fraction of sp³-hybridized carbons (Fsp3) is 0.571. The first-order valence-corrected chi connectivity index (χ1v) is 6.43. The van der Waals surface area contributed by atoms with E-state index < -0.39 is 0 Å². The van der Waals surface area contributed by atoms with Crippen LogP contribution in [0, 0.1) is 0 Å². The highest BCUT2D eigenvalue weighted by atomic mass is 35.5. The molecule has 0 bridgehead atoms. The van der Waals surface area contributed by atoms with Crippen molar-refractivity contribution in [1.29, 1.82) is 0 Å². The zero-order chi connectivity index (χ0) is 14.1. The van der Waals surface area contributed by atoms with Gasteiger partial charge in [-0.2, -0.15) is 0 Å². The van der Waals surface area contributed by atoms with E-state index >= 15 is 0 Å². The third-order valence-corrected chi connectivity index (χ3v) is 2.64. The van der Waals surface area contributed by atoms with Crippen molar-refractivity contribution in [2.24, 2.45) is 0 Å². The van der Waals surface area contributed by atoms with Crippen LogP contribution in [0.4, 0.5) is 0 Å². The van der Waals surface area contributed by atoms with Crippen LogP contribution >= 0.6 is 24.8 Å². The van der Waals surface area contributed by atoms with Crippen LogP contribution in [0.2, 0.25) is 0 Å². The quantitative estimate of drug-likeness (QED) is 0.668. The van der Waals surface area contributed by atoms with E-state index in [0.29, 0.717) is 11.5 Å². The van der Waals surface area contributed by atoms with Gasteiger partial charge in [-0.25, -0.2) is 0 Å². The molecule has 7 heteroatoms. The molecule has 0 spiro atoms. The third kappa shape index (κ3) is 9.01. The second-order valence-corrected chi connectivity index (χ2v) is 4.54. The molecule has 0 atom stereocenters. The van der Waals surface area contributed by atoms with Crippen LogP contribution in [0.5, 0.6) is 11.5 Å². The summed E-state index contributed by atoms with van der Waals surface area (Å²) in [4.78, 5) is 2.14. The van der Waals surface area contributed by atoms with Crippen LogP contribution < -0.4 is 14.8 Å². The summed E-state index contributed by atoms with van der Waals surface area (Å²) in [5.41, 5.74) is 1.15. The molecule has 1 rings (SSSR count). The lowest BCUT2D eigenvalue weighted by Crippen LogP contribution is -2.26. The van der Waals surface area contributed by atoms with E-state index in [1.807, 2.05) is 18.2 Å². The molecule has 0 radical (unpaired) electrons. The van der Waals surface area contributed by atoms with Crippen molar-refractivity contribution in [3.8, 4) is 11.5 Å². The van der Waals surface area contributed by atoms with Gasteiger partial charge in [0.2, 0.25) is 0 Å². The number of nitrogens with zero attached hydrogens (tertiary/aromatic N) is 1. The molecule has 0 aliphatic rings. The van der Waals surface area contributed by atoms with Crippen LogP contribution in [0.3, 0.4) is 0 Å². The van der Waals surface area contributed by atoms with E-state index in [2.05, 4.69) is 24.3 Å². The maximum atomic E-state index is 8.75. The minimum atomic E-state index is -0.00298. The molecular formula is C14H26Cl2N2O3. The van der Waals surface area contributed by atoms with E-state index in [0.717, 1.165) is 25.2 Å². The number of benzene rings is 1. The Morgan fingerprint density at radius 1 is 1.19 bits per heavy atom. The Labute approximate surface area is 139 Å². The highest BCUT2D eigenvalue weighted by molar-refractivity contribution is 5.85. The van der Waals surface area contributed by atoms with Crippen LogP contribution in [0.25, 0.3) is 0 Å². The molecule has 0 saturated heterocycles. The standard InChI is InChI=1S/C14H24N2O3.2ClH/c1-16(2)7-6-15-11-12-4-5-13(19-9-8-17)14(10-12)18-3;;/h4-5,10,15,17H,6-9,11H2,1-3H3;2*1H. The predicted molar refractivity (Wildman–Crippen MR) is 90.3 cm³/mol. The van der Waals surface area contributed by atoms with Crippen molar-refractivity contribution >= 4 is 24.8 Å². The van der Waals surface area contributed by atoms with Gasteiger partial charge in [-0.1, -0.05) is 6.07 Å². The number of methoxy groups -OCH3 is 1. The van der Waals surface area contributed by atoms with Crippen molar-refractivity contribution in [2.75, 3.05) is 47.5 Å². The van der Waals surface area contributed by atoms with Gasteiger partial charge in [-0.3, -0.25) is 0 Å². The Bertz CT molecular complexity index is 379. The smallest absolute Gasteiger partial charge is 0.161 e. The van der Waals surface area contributed by atoms with E-state index in [1.165, 1.54) is 0 Å². The summed E-state index contributed by atoms with van der Waals surface area (Å²) < 4.78 is 10.7. The summed E-state index contributed by atoms with van der Waals surface area (Å²) in [5.74, 6) is 1.36. The lowest BCUT2D eigenvalue weighted by molar-refractivity contribution is 0.196. The topological polar surface area (TPSA) is 54.0 Å². The molecule has 2 N–H and O–H groups in total. The van der Waals surface area contributed by atoms with Gasteiger partial charge in [0.15, 0.2) is 11.5 Å². The minimum absolute atomic E-state index is 0. The molecule has 0 fully saturated rings. The average molecular weight is 341 g/mol. The number of halogens is 2. The number of rotatable bonds is 9. The van der Waals surface area contributed by atoms with Crippen molar-refractivity contribution in [2.45, 2.75) is 6.54 Å². The number of ether oxygens (including phenoxy) is 2. The van der Waals surface area contributed by atoms with E-state index in [1.54, 1.807) is 7.11 Å². The lowest BCUT2D eigenvalue weighted by atomic mass is 10.2. The largest absolute Gasteiger partial charge is 0.493 e. The molecule has 1 aromatic carbocycles. The summed E-state index contributed by atoms with van der Waals surface area (Å²) in [6, 6.07) is 5.82. The summed E-state index contributed by atoms with van der Waals surface area (Å²) in [7, 11) is 5.72. The Balaban J connectivity index is 0. The zero-order valence-corrected chi connectivity index (χ0v) is 14.4. The van der Waals surface area contributed by atoms with E-state index in [4.69, 9.17) is 14.6 Å². The van der Waals surface area contributed by atoms with Gasteiger partial charge in [-0.15, -0.1) is 24.8 Å². The molecular weight excluding hydrogens is 315 g/mol. The molecule has 21 heavy (non-hydrogen) atoms. The fourth-order valence-electron chi connectivity index (χ4n) is 1.63. The molecule has 0 amide bonds. The lowest BCUT2D eigenvalue weighted by Gasteiger charge is -2.13. The molecule has 5 nitrogen and oxygen atoms in total. The molecule has 124 valence electrons. The number of hydrogen-bond acceptors (Lipinski definition) is 5. The van der Waals surface area contributed by atoms with Crippen molar-refractivity contribution in [1.82, 2.24) is 10.2 Å². The van der Waals surface area contributed by atoms with Gasteiger partial charge in [0.1, 0.15) is 6.61 Å². The summed E-state index contributed by atoms with van der Waals surface area (Å²) in [6.07, 6.45) is 0. The Morgan fingerprint density at radius 3 is 2.48 bits per heavy atom. The Kier molecular flexibility index (Phi) is 13.9. The molecule has 0 saturated carbocycles. The molecule has 0 aromatic heterocycles. The number of nitrogens with one attached hydrogen (secondary N) is 1. The van der Waals surface area contributed by atoms with Crippen molar-refractivity contribution in [3.63, 3.8) is 0 Å². The highest BCUT2D eigenvalue weighted by Gasteiger charge is 2.05. The fourth-order valence-corrected chi connectivity index (χ4v) is 1.63. The van der Waals surface area contributed by atoms with Crippen LogP contribution in [0.15, 0.2) is 18.2 Å². The first-order chi connectivity index (χ1) is 9.17. The number of hydrogen-bond donors (Lipinski definition) is 2. The monoisotopic (exact) mass is 340 g/mol. The zero-order valence-electron chi connectivity index (χ0n) is 12.8. The van der Waals surface area contributed by atoms with Crippen LogP contribution in [-0.2, 0) is 6.54 Å². The van der Waals surface area contributed by atoms with Crippen molar-refractivity contribution < 1.29 is 14.6 Å². The SMILES string of the molecule is COc1cc(CNCCN(C)C)ccc1OCCO.Cl.Cl. The molecule has 0 aliphatic carbocycles. The number of aliphatic hydroxyl groups excluding tert-OH is 1. The second kappa shape index (κ2) is 13.0. The first kappa shape index (κ1) is 22.6. The summed E-state index contributed by atoms with van der Waals surface area (Å²) in [6.45, 7) is 3.02. The van der Waals surface area contributed by atoms with Crippen molar-refractivity contribution in [3.05, 3.63) is 23.8 Å². The van der Waals surface area contributed by atoms with E-state index in [-0.39, 0.29) is 38.0 Å². The van der Waals surface area contributed by atoms with Gasteiger partial charge < -0.3 is 24.8 Å². The second-order valence-electron chi connectivity index (χ2n) is 4.54. The normalized spacial score (nSPS) is 9.76. The number of likely N-dealkylation sites (N-methyl/N-ethyl adjacent to an activating group) is 1. The van der Waals surface area contributed by atoms with Gasteiger partial charge in [-0.05, 0) is 31.8 Å². The van der Waals surface area contributed by atoms with Crippen LogP contribution in [0.1, 0.15) is 5.56 Å². The predicted octanol–water partition coefficient (Wildman–Crippen LogP) is 1.56.